The lowest BCUT2D eigenvalue weighted by atomic mass is 10.2. The van der Waals surface area contributed by atoms with Gasteiger partial charge in [0.05, 0.1) is 0 Å². The number of pyridine rings is 1. The van der Waals surface area contributed by atoms with E-state index in [4.69, 9.17) is 11.8 Å². The van der Waals surface area contributed by atoms with Crippen LogP contribution < -0.4 is 4.57 Å². The summed E-state index contributed by atoms with van der Waals surface area (Å²) in [4.78, 5) is 0. The molecule has 0 bridgehead atoms. The summed E-state index contributed by atoms with van der Waals surface area (Å²) in [6.45, 7) is 10.3. The number of aryl methyl sites for hydroxylation is 2. The van der Waals surface area contributed by atoms with Crippen molar-refractivity contribution >= 4 is 0 Å². The lowest BCUT2D eigenvalue weighted by Crippen LogP contribution is -2.32. The Balaban J connectivity index is 0.000000791. The first-order valence-electron chi connectivity index (χ1n) is 5.01. The highest BCUT2D eigenvalue weighted by Crippen LogP contribution is 1.94. The molecule has 0 N–H and O–H groups in total. The lowest BCUT2D eigenvalue weighted by molar-refractivity contribution is -0.697. The summed E-state index contributed by atoms with van der Waals surface area (Å²) in [6.07, 6.45) is 8.24. The molecule has 1 aromatic rings. The van der Waals surface area contributed by atoms with Gasteiger partial charge in [-0.05, 0) is 18.9 Å². The zero-order valence-corrected chi connectivity index (χ0v) is 9.03. The van der Waals surface area contributed by atoms with Crippen molar-refractivity contribution < 1.29 is 4.57 Å². The minimum Gasteiger partial charge on any atom is -0.512 e. The number of unbranched alkanes of at least 4 members (excludes halogenated alkanes) is 2. The third-order valence-corrected chi connectivity index (χ3v) is 2.08. The van der Waals surface area contributed by atoms with Crippen molar-refractivity contribution in [2.75, 3.05) is 0 Å². The number of hydrogen-bond acceptors (Lipinski definition) is 1. The topological polar surface area (TPSA) is 27.7 Å². The Morgan fingerprint density at radius 3 is 2.29 bits per heavy atom. The van der Waals surface area contributed by atoms with Gasteiger partial charge in [-0.2, -0.15) is 0 Å². The summed E-state index contributed by atoms with van der Waals surface area (Å²) in [5.74, 6) is 0. The largest absolute Gasteiger partial charge is 0.512 e. The van der Waals surface area contributed by atoms with E-state index in [1.165, 1.54) is 24.8 Å². The van der Waals surface area contributed by atoms with Crippen LogP contribution in [0.5, 0.6) is 0 Å². The van der Waals surface area contributed by atoms with Crippen molar-refractivity contribution in [1.29, 1.82) is 5.26 Å². The first-order valence-corrected chi connectivity index (χ1v) is 5.01. The van der Waals surface area contributed by atoms with Crippen molar-refractivity contribution in [3.63, 3.8) is 0 Å². The van der Waals surface area contributed by atoms with E-state index in [-0.39, 0.29) is 0 Å². The van der Waals surface area contributed by atoms with Gasteiger partial charge in [-0.15, -0.1) is 0 Å². The van der Waals surface area contributed by atoms with E-state index in [1.807, 2.05) is 0 Å². The Bertz CT molecular complexity index is 249. The Morgan fingerprint density at radius 2 is 1.79 bits per heavy atom. The molecule has 14 heavy (non-hydrogen) atoms. The second-order valence-corrected chi connectivity index (χ2v) is 3.32. The van der Waals surface area contributed by atoms with E-state index in [0.717, 1.165) is 6.54 Å². The van der Waals surface area contributed by atoms with Crippen LogP contribution in [0, 0.1) is 18.8 Å². The van der Waals surface area contributed by atoms with Gasteiger partial charge < -0.3 is 11.8 Å². The van der Waals surface area contributed by atoms with Crippen LogP contribution in [0.15, 0.2) is 24.5 Å². The minimum absolute atomic E-state index is 1.16. The molecule has 0 atom stereocenters. The maximum atomic E-state index is 6.25. The molecule has 1 heterocycles. The molecule has 2 heteroatoms. The van der Waals surface area contributed by atoms with Crippen molar-refractivity contribution in [3.05, 3.63) is 36.7 Å². The predicted molar refractivity (Wildman–Crippen MR) is 55.9 cm³/mol. The summed E-state index contributed by atoms with van der Waals surface area (Å²) in [5.41, 5.74) is 1.33. The van der Waals surface area contributed by atoms with E-state index >= 15 is 0 Å². The quantitative estimate of drug-likeness (QED) is 0.407. The number of rotatable bonds is 4. The standard InChI is InChI=1S/C11H18N.CN/c1-3-4-5-8-12-9-6-11(2)7-10-12;1-2/h6-7,9-10H,3-5,8H2,1-2H3;/q+1;-1. The molecule has 0 saturated carbocycles. The van der Waals surface area contributed by atoms with Gasteiger partial charge in [0, 0.05) is 18.6 Å². The van der Waals surface area contributed by atoms with Crippen LogP contribution in [-0.2, 0) is 6.54 Å². The van der Waals surface area contributed by atoms with Gasteiger partial charge in [0.2, 0.25) is 0 Å². The van der Waals surface area contributed by atoms with Crippen molar-refractivity contribution in [1.82, 2.24) is 0 Å². The molecule has 0 aromatic carbocycles. The molecule has 0 saturated heterocycles. The van der Waals surface area contributed by atoms with E-state index in [0.29, 0.717) is 0 Å². The Hall–Kier alpha value is -1.36. The molecular weight excluding hydrogens is 172 g/mol. The van der Waals surface area contributed by atoms with E-state index < -0.39 is 0 Å². The maximum Gasteiger partial charge on any atom is 0.169 e. The van der Waals surface area contributed by atoms with E-state index in [1.54, 1.807) is 0 Å². The molecule has 0 amide bonds. The van der Waals surface area contributed by atoms with Gasteiger partial charge in [0.15, 0.2) is 12.4 Å². The average molecular weight is 190 g/mol. The number of aromatic nitrogens is 1. The normalized spacial score (nSPS) is 8.86. The smallest absolute Gasteiger partial charge is 0.169 e. The average Bonchev–Trinajstić information content (AvgIpc) is 2.24. The van der Waals surface area contributed by atoms with Crippen LogP contribution in [0.3, 0.4) is 0 Å². The monoisotopic (exact) mass is 190 g/mol. The molecule has 0 aliphatic heterocycles. The SMILES string of the molecule is CCCCC[n+]1ccc(C)cc1.[C-]#N. The van der Waals surface area contributed by atoms with Crippen LogP contribution in [0.2, 0.25) is 0 Å². The first kappa shape index (κ1) is 12.6. The van der Waals surface area contributed by atoms with Gasteiger partial charge >= 0.3 is 0 Å². The molecule has 0 unspecified atom stereocenters. The zero-order valence-electron chi connectivity index (χ0n) is 9.03. The van der Waals surface area contributed by atoms with E-state index in [9.17, 15) is 0 Å². The van der Waals surface area contributed by atoms with Crippen molar-refractivity contribution in [3.8, 4) is 0 Å². The fraction of sp³-hybridized carbons (Fsp3) is 0.500. The third kappa shape index (κ3) is 5.31. The molecule has 2 nitrogen and oxygen atoms in total. The van der Waals surface area contributed by atoms with Crippen LogP contribution in [0.4, 0.5) is 0 Å². The lowest BCUT2D eigenvalue weighted by Gasteiger charge is -1.95. The summed E-state index contributed by atoms with van der Waals surface area (Å²) in [7, 11) is 0. The van der Waals surface area contributed by atoms with Crippen molar-refractivity contribution in [2.24, 2.45) is 0 Å². The van der Waals surface area contributed by atoms with Crippen LogP contribution in [0.25, 0.3) is 0 Å². The van der Waals surface area contributed by atoms with Gasteiger partial charge in [-0.1, -0.05) is 13.3 Å². The second kappa shape index (κ2) is 8.25. The zero-order chi connectivity index (χ0) is 10.8. The Labute approximate surface area is 86.8 Å². The third-order valence-electron chi connectivity index (χ3n) is 2.08. The molecular formula is C12H18N2. The van der Waals surface area contributed by atoms with E-state index in [2.05, 4.69) is 42.9 Å². The Morgan fingerprint density at radius 1 is 1.21 bits per heavy atom. The molecule has 0 spiro atoms. The Kier molecular flexibility index (Phi) is 7.45. The highest BCUT2D eigenvalue weighted by molar-refractivity contribution is 5.03. The maximum absolute atomic E-state index is 6.25. The van der Waals surface area contributed by atoms with Gasteiger partial charge in [-0.25, -0.2) is 4.57 Å². The van der Waals surface area contributed by atoms with Crippen molar-refractivity contribution in [2.45, 2.75) is 39.7 Å². The van der Waals surface area contributed by atoms with Crippen LogP contribution in [-0.4, -0.2) is 0 Å². The minimum atomic E-state index is 1.16. The molecule has 1 aromatic heterocycles. The molecule has 0 fully saturated rings. The summed E-state index contributed by atoms with van der Waals surface area (Å²) < 4.78 is 2.25. The highest BCUT2D eigenvalue weighted by Gasteiger charge is 1.97. The predicted octanol–water partition coefficient (Wildman–Crippen LogP) is 2.57. The molecule has 0 radical (unpaired) electrons. The first-order chi connectivity index (χ1) is 6.83. The van der Waals surface area contributed by atoms with Crippen LogP contribution >= 0.6 is 0 Å². The molecule has 1 rings (SSSR count). The molecule has 0 aliphatic carbocycles. The summed E-state index contributed by atoms with van der Waals surface area (Å²) >= 11 is 0. The van der Waals surface area contributed by atoms with Gasteiger partial charge in [0.1, 0.15) is 6.54 Å². The highest BCUT2D eigenvalue weighted by atomic mass is 14.9. The second-order valence-electron chi connectivity index (χ2n) is 3.32. The number of nitrogens with zero attached hydrogens (tertiary/aromatic N) is 2. The molecule has 76 valence electrons. The van der Waals surface area contributed by atoms with Gasteiger partial charge in [0.25, 0.3) is 0 Å². The molecule has 0 aliphatic rings. The fourth-order valence-corrected chi connectivity index (χ4v) is 1.23. The summed E-state index contributed by atoms with van der Waals surface area (Å²) in [6, 6.07) is 4.32. The number of hydrogen-bond donors (Lipinski definition) is 0. The summed E-state index contributed by atoms with van der Waals surface area (Å²) in [5, 5.41) is 6.25. The van der Waals surface area contributed by atoms with Gasteiger partial charge in [-0.3, -0.25) is 0 Å². The fourth-order valence-electron chi connectivity index (χ4n) is 1.23. The van der Waals surface area contributed by atoms with Crippen LogP contribution in [0.1, 0.15) is 31.7 Å².